The number of nitrogens with zero attached hydrogens (tertiary/aromatic N) is 2. The third-order valence-electron chi connectivity index (χ3n) is 4.18. The highest BCUT2D eigenvalue weighted by atomic mass is 32.1. The molecule has 0 saturated heterocycles. The van der Waals surface area contributed by atoms with Crippen LogP contribution >= 0.6 is 11.3 Å². The number of methoxy groups -OCH3 is 1. The molecule has 0 aliphatic heterocycles. The van der Waals surface area contributed by atoms with Crippen molar-refractivity contribution in [3.05, 3.63) is 84.0 Å². The van der Waals surface area contributed by atoms with Crippen molar-refractivity contribution in [3.63, 3.8) is 0 Å². The van der Waals surface area contributed by atoms with E-state index in [-0.39, 0.29) is 5.91 Å². The molecular formula is C22H17N3O2S. The summed E-state index contributed by atoms with van der Waals surface area (Å²) in [5.41, 5.74) is 3.97. The first kappa shape index (κ1) is 17.9. The van der Waals surface area contributed by atoms with Crippen LogP contribution < -0.4 is 10.1 Å². The Hall–Kier alpha value is -3.51. The maximum Gasteiger partial charge on any atom is 0.259 e. The number of rotatable bonds is 5. The lowest BCUT2D eigenvalue weighted by molar-refractivity contribution is 0.102. The normalized spacial score (nSPS) is 10.5. The summed E-state index contributed by atoms with van der Waals surface area (Å²) < 4.78 is 5.27. The number of ether oxygens (including phenoxy) is 1. The number of amides is 1. The van der Waals surface area contributed by atoms with Gasteiger partial charge in [-0.1, -0.05) is 24.3 Å². The molecule has 1 N–H and O–H groups in total. The van der Waals surface area contributed by atoms with E-state index >= 15 is 0 Å². The summed E-state index contributed by atoms with van der Waals surface area (Å²) in [6.45, 7) is 0. The highest BCUT2D eigenvalue weighted by molar-refractivity contribution is 7.13. The minimum atomic E-state index is -0.219. The highest BCUT2D eigenvalue weighted by Crippen LogP contribution is 2.30. The topological polar surface area (TPSA) is 64.1 Å². The maximum absolute atomic E-state index is 12.6. The first-order chi connectivity index (χ1) is 13.7. The molecule has 28 heavy (non-hydrogen) atoms. The van der Waals surface area contributed by atoms with Gasteiger partial charge in [-0.3, -0.25) is 9.78 Å². The number of aromatic nitrogens is 2. The number of benzene rings is 2. The molecule has 0 aliphatic carbocycles. The van der Waals surface area contributed by atoms with Gasteiger partial charge in [-0.2, -0.15) is 0 Å². The van der Waals surface area contributed by atoms with Crippen LogP contribution in [-0.2, 0) is 0 Å². The summed E-state index contributed by atoms with van der Waals surface area (Å²) in [6.07, 6.45) is 3.54. The lowest BCUT2D eigenvalue weighted by Crippen LogP contribution is -2.13. The van der Waals surface area contributed by atoms with Gasteiger partial charge in [0, 0.05) is 34.6 Å². The van der Waals surface area contributed by atoms with Crippen molar-refractivity contribution in [1.29, 1.82) is 0 Å². The standard InChI is InChI=1S/C22H17N3O2S/c1-27-20-10-3-2-9-18(20)21(26)24-17-8-4-6-15(12-17)19-14-28-22(25-19)16-7-5-11-23-13-16/h2-14H,1H3,(H,24,26). The van der Waals surface area contributed by atoms with Crippen LogP contribution in [0.25, 0.3) is 21.8 Å². The molecular weight excluding hydrogens is 370 g/mol. The molecule has 138 valence electrons. The number of thiazole rings is 1. The molecule has 1 amide bonds. The third kappa shape index (κ3) is 3.77. The smallest absolute Gasteiger partial charge is 0.259 e. The number of para-hydroxylation sites is 1. The van der Waals surface area contributed by atoms with E-state index < -0.39 is 0 Å². The van der Waals surface area contributed by atoms with Gasteiger partial charge in [0.25, 0.3) is 5.91 Å². The van der Waals surface area contributed by atoms with E-state index in [1.807, 2.05) is 53.9 Å². The molecule has 2 aromatic heterocycles. The minimum Gasteiger partial charge on any atom is -0.496 e. The zero-order valence-electron chi connectivity index (χ0n) is 15.1. The lowest BCUT2D eigenvalue weighted by Gasteiger charge is -2.09. The van der Waals surface area contributed by atoms with E-state index in [4.69, 9.17) is 9.72 Å². The fraction of sp³-hybridized carbons (Fsp3) is 0.0455. The van der Waals surface area contributed by atoms with E-state index in [1.54, 1.807) is 43.0 Å². The highest BCUT2D eigenvalue weighted by Gasteiger charge is 2.13. The van der Waals surface area contributed by atoms with Crippen LogP contribution in [0.3, 0.4) is 0 Å². The second kappa shape index (κ2) is 8.02. The zero-order chi connectivity index (χ0) is 19.3. The Balaban J connectivity index is 1.57. The molecule has 0 radical (unpaired) electrons. The SMILES string of the molecule is COc1ccccc1C(=O)Nc1cccc(-c2csc(-c3cccnc3)n2)c1. The summed E-state index contributed by atoms with van der Waals surface area (Å²) in [6, 6.07) is 18.7. The second-order valence-corrected chi connectivity index (χ2v) is 6.87. The molecule has 4 aromatic rings. The Kier molecular flexibility index (Phi) is 5.12. The largest absolute Gasteiger partial charge is 0.496 e. The number of carbonyl (C=O) groups is 1. The van der Waals surface area contributed by atoms with Gasteiger partial charge in [0.1, 0.15) is 10.8 Å². The summed E-state index contributed by atoms with van der Waals surface area (Å²) in [4.78, 5) is 21.5. The van der Waals surface area contributed by atoms with Gasteiger partial charge >= 0.3 is 0 Å². The van der Waals surface area contributed by atoms with Crippen LogP contribution in [0.2, 0.25) is 0 Å². The fourth-order valence-corrected chi connectivity index (χ4v) is 3.64. The van der Waals surface area contributed by atoms with Gasteiger partial charge in [0.2, 0.25) is 0 Å². The van der Waals surface area contributed by atoms with E-state index in [0.29, 0.717) is 17.0 Å². The molecule has 0 atom stereocenters. The van der Waals surface area contributed by atoms with Gasteiger partial charge in [0.15, 0.2) is 0 Å². The quantitative estimate of drug-likeness (QED) is 0.515. The molecule has 0 bridgehead atoms. The van der Waals surface area contributed by atoms with Crippen molar-refractivity contribution in [2.24, 2.45) is 0 Å². The van der Waals surface area contributed by atoms with Crippen LogP contribution in [-0.4, -0.2) is 23.0 Å². The molecule has 2 aromatic carbocycles. The Morgan fingerprint density at radius 2 is 1.89 bits per heavy atom. The second-order valence-electron chi connectivity index (χ2n) is 6.01. The zero-order valence-corrected chi connectivity index (χ0v) is 15.9. The number of hydrogen-bond donors (Lipinski definition) is 1. The van der Waals surface area contributed by atoms with E-state index in [1.165, 1.54) is 0 Å². The molecule has 0 aliphatic rings. The van der Waals surface area contributed by atoms with Crippen LogP contribution in [0.4, 0.5) is 5.69 Å². The van der Waals surface area contributed by atoms with Crippen LogP contribution in [0.5, 0.6) is 5.75 Å². The Labute approximate surface area is 166 Å². The Morgan fingerprint density at radius 3 is 2.71 bits per heavy atom. The lowest BCUT2D eigenvalue weighted by atomic mass is 10.1. The molecule has 5 nitrogen and oxygen atoms in total. The van der Waals surface area contributed by atoms with Crippen LogP contribution in [0.15, 0.2) is 78.4 Å². The number of hydrogen-bond acceptors (Lipinski definition) is 5. The average Bonchev–Trinajstić information content (AvgIpc) is 3.25. The molecule has 0 spiro atoms. The van der Waals surface area contributed by atoms with Gasteiger partial charge in [-0.15, -0.1) is 11.3 Å². The van der Waals surface area contributed by atoms with Crippen molar-refractivity contribution in [1.82, 2.24) is 9.97 Å². The summed E-state index contributed by atoms with van der Waals surface area (Å²) in [5.74, 6) is 0.320. The first-order valence-corrected chi connectivity index (χ1v) is 9.53. The predicted molar refractivity (Wildman–Crippen MR) is 112 cm³/mol. The number of carbonyl (C=O) groups excluding carboxylic acids is 1. The van der Waals surface area contributed by atoms with Crippen LogP contribution in [0, 0.1) is 0 Å². The summed E-state index contributed by atoms with van der Waals surface area (Å²) in [7, 11) is 1.55. The molecule has 2 heterocycles. The van der Waals surface area contributed by atoms with Gasteiger partial charge in [0.05, 0.1) is 18.4 Å². The minimum absolute atomic E-state index is 0.219. The summed E-state index contributed by atoms with van der Waals surface area (Å²) >= 11 is 1.56. The van der Waals surface area contributed by atoms with Crippen molar-refractivity contribution in [2.75, 3.05) is 12.4 Å². The molecule has 0 saturated carbocycles. The molecule has 6 heteroatoms. The molecule has 4 rings (SSSR count). The van der Waals surface area contributed by atoms with Gasteiger partial charge in [-0.25, -0.2) is 4.98 Å². The fourth-order valence-electron chi connectivity index (χ4n) is 2.82. The first-order valence-electron chi connectivity index (χ1n) is 8.65. The van der Waals surface area contributed by atoms with Crippen molar-refractivity contribution in [3.8, 4) is 27.6 Å². The predicted octanol–water partition coefficient (Wildman–Crippen LogP) is 5.13. The van der Waals surface area contributed by atoms with Crippen molar-refractivity contribution in [2.45, 2.75) is 0 Å². The molecule has 0 unspecified atom stereocenters. The molecule has 0 fully saturated rings. The van der Waals surface area contributed by atoms with Gasteiger partial charge < -0.3 is 10.1 Å². The van der Waals surface area contributed by atoms with Crippen molar-refractivity contribution < 1.29 is 9.53 Å². The van der Waals surface area contributed by atoms with Crippen molar-refractivity contribution >= 4 is 22.9 Å². The maximum atomic E-state index is 12.6. The van der Waals surface area contributed by atoms with E-state index in [2.05, 4.69) is 10.3 Å². The Bertz CT molecular complexity index is 1110. The number of pyridine rings is 1. The van der Waals surface area contributed by atoms with E-state index in [9.17, 15) is 4.79 Å². The average molecular weight is 387 g/mol. The van der Waals surface area contributed by atoms with Crippen LogP contribution in [0.1, 0.15) is 10.4 Å². The Morgan fingerprint density at radius 1 is 1.04 bits per heavy atom. The van der Waals surface area contributed by atoms with Gasteiger partial charge in [-0.05, 0) is 36.4 Å². The van der Waals surface area contributed by atoms with E-state index in [0.717, 1.165) is 21.8 Å². The number of nitrogens with one attached hydrogen (secondary N) is 1. The monoisotopic (exact) mass is 387 g/mol. The third-order valence-corrected chi connectivity index (χ3v) is 5.07. The number of anilines is 1. The summed E-state index contributed by atoms with van der Waals surface area (Å²) in [5, 5.41) is 5.84.